The van der Waals surface area contributed by atoms with E-state index in [0.717, 1.165) is 5.56 Å². The molecule has 1 aromatic carbocycles. The Hall–Kier alpha value is -1.72. The Morgan fingerprint density at radius 1 is 1.24 bits per heavy atom. The van der Waals surface area contributed by atoms with E-state index in [1.54, 1.807) is 6.92 Å². The zero-order chi connectivity index (χ0) is 15.1. The van der Waals surface area contributed by atoms with Crippen LogP contribution in [0.3, 0.4) is 0 Å². The molecule has 1 unspecified atom stereocenters. The van der Waals surface area contributed by atoms with Crippen LogP contribution in [0, 0.1) is 0 Å². The maximum atomic E-state index is 12.4. The number of Topliss-reactive ketones (excluding diaryl/α,β-unsaturated/α-hetero) is 1. The van der Waals surface area contributed by atoms with Gasteiger partial charge >= 0.3 is 5.97 Å². The van der Waals surface area contributed by atoms with Crippen LogP contribution in [0.15, 0.2) is 30.3 Å². The summed E-state index contributed by atoms with van der Waals surface area (Å²) in [4.78, 5) is 26.2. The number of ether oxygens (including phenoxy) is 2. The van der Waals surface area contributed by atoms with E-state index in [9.17, 15) is 9.59 Å². The molecule has 1 aliphatic heterocycles. The van der Waals surface area contributed by atoms with Crippen LogP contribution < -0.4 is 0 Å². The monoisotopic (exact) mass is 291 g/mol. The summed E-state index contributed by atoms with van der Waals surface area (Å²) >= 11 is 0. The Kier molecular flexibility index (Phi) is 5.90. The molecule has 1 saturated heterocycles. The van der Waals surface area contributed by atoms with Gasteiger partial charge in [-0.2, -0.15) is 0 Å². The van der Waals surface area contributed by atoms with Gasteiger partial charge < -0.3 is 9.47 Å². The molecular weight excluding hydrogens is 270 g/mol. The lowest BCUT2D eigenvalue weighted by molar-refractivity contribution is -0.156. The first-order valence-corrected chi connectivity index (χ1v) is 7.29. The standard InChI is InChI=1S/C16H21NO4/c1-2-21-16(19)15(18)14(17-8-10-20-11-9-17)12-13-6-4-3-5-7-13/h3-7,14H,2,8-12H2,1H3. The number of hydrogen-bond acceptors (Lipinski definition) is 5. The van der Waals surface area contributed by atoms with Crippen molar-refractivity contribution in [3.05, 3.63) is 35.9 Å². The maximum absolute atomic E-state index is 12.4. The van der Waals surface area contributed by atoms with Gasteiger partial charge in [0.15, 0.2) is 0 Å². The number of carbonyl (C=O) groups excluding carboxylic acids is 2. The zero-order valence-electron chi connectivity index (χ0n) is 12.3. The third kappa shape index (κ3) is 4.37. The predicted molar refractivity (Wildman–Crippen MR) is 78.0 cm³/mol. The quantitative estimate of drug-likeness (QED) is 0.579. The van der Waals surface area contributed by atoms with Crippen LogP contribution in [0.4, 0.5) is 0 Å². The third-order valence-corrected chi connectivity index (χ3v) is 3.54. The number of nitrogens with zero attached hydrogens (tertiary/aromatic N) is 1. The molecule has 0 amide bonds. The largest absolute Gasteiger partial charge is 0.460 e. The summed E-state index contributed by atoms with van der Waals surface area (Å²) in [6.45, 7) is 4.39. The van der Waals surface area contributed by atoms with Gasteiger partial charge in [0.2, 0.25) is 0 Å². The van der Waals surface area contributed by atoms with Gasteiger partial charge in [-0.1, -0.05) is 30.3 Å². The molecule has 114 valence electrons. The number of rotatable bonds is 6. The molecule has 0 aliphatic carbocycles. The van der Waals surface area contributed by atoms with E-state index < -0.39 is 17.8 Å². The van der Waals surface area contributed by atoms with Crippen LogP contribution in [-0.2, 0) is 25.5 Å². The average Bonchev–Trinajstić information content (AvgIpc) is 2.54. The number of benzene rings is 1. The van der Waals surface area contributed by atoms with Crippen LogP contribution in [0.1, 0.15) is 12.5 Å². The van der Waals surface area contributed by atoms with Crippen LogP contribution in [0.2, 0.25) is 0 Å². The first-order chi connectivity index (χ1) is 10.2. The van der Waals surface area contributed by atoms with Gasteiger partial charge in [-0.25, -0.2) is 4.79 Å². The van der Waals surface area contributed by atoms with Crippen LogP contribution in [0.5, 0.6) is 0 Å². The zero-order valence-corrected chi connectivity index (χ0v) is 12.3. The third-order valence-electron chi connectivity index (χ3n) is 3.54. The highest BCUT2D eigenvalue weighted by Gasteiger charge is 2.32. The summed E-state index contributed by atoms with van der Waals surface area (Å²) in [5.41, 5.74) is 1.03. The van der Waals surface area contributed by atoms with E-state index in [1.165, 1.54) is 0 Å². The molecule has 1 aromatic rings. The fourth-order valence-electron chi connectivity index (χ4n) is 2.45. The maximum Gasteiger partial charge on any atom is 0.376 e. The van der Waals surface area contributed by atoms with Gasteiger partial charge in [-0.05, 0) is 18.9 Å². The molecule has 5 nitrogen and oxygen atoms in total. The van der Waals surface area contributed by atoms with Gasteiger partial charge in [0.1, 0.15) is 0 Å². The van der Waals surface area contributed by atoms with Crippen LogP contribution >= 0.6 is 0 Å². The first kappa shape index (κ1) is 15.7. The van der Waals surface area contributed by atoms with E-state index >= 15 is 0 Å². The van der Waals surface area contributed by atoms with Crippen LogP contribution in [0.25, 0.3) is 0 Å². The number of morpholine rings is 1. The number of ketones is 1. The van der Waals surface area contributed by atoms with E-state index in [4.69, 9.17) is 9.47 Å². The summed E-state index contributed by atoms with van der Waals surface area (Å²) in [5.74, 6) is -1.22. The van der Waals surface area contributed by atoms with Gasteiger partial charge in [0.25, 0.3) is 5.78 Å². The van der Waals surface area contributed by atoms with Crippen molar-refractivity contribution in [1.29, 1.82) is 0 Å². The Labute approximate surface area is 124 Å². The number of carbonyl (C=O) groups is 2. The summed E-state index contributed by atoms with van der Waals surface area (Å²) in [6, 6.07) is 9.24. The number of hydrogen-bond donors (Lipinski definition) is 0. The topological polar surface area (TPSA) is 55.8 Å². The van der Waals surface area contributed by atoms with Crippen LogP contribution in [-0.4, -0.2) is 55.6 Å². The minimum atomic E-state index is -0.745. The minimum absolute atomic E-state index is 0.214. The lowest BCUT2D eigenvalue weighted by Gasteiger charge is -2.33. The smallest absolute Gasteiger partial charge is 0.376 e. The molecule has 5 heteroatoms. The van der Waals surface area contributed by atoms with E-state index in [0.29, 0.717) is 32.7 Å². The number of esters is 1. The molecule has 0 aromatic heterocycles. The van der Waals surface area contributed by atoms with Crippen molar-refractivity contribution in [3.8, 4) is 0 Å². The lowest BCUT2D eigenvalue weighted by Crippen LogP contribution is -2.50. The molecule has 0 N–H and O–H groups in total. The highest BCUT2D eigenvalue weighted by atomic mass is 16.5. The summed E-state index contributed by atoms with van der Waals surface area (Å²) in [6.07, 6.45) is 0.512. The van der Waals surface area contributed by atoms with Crippen molar-refractivity contribution >= 4 is 11.8 Å². The predicted octanol–water partition coefficient (Wildman–Crippen LogP) is 1.06. The Morgan fingerprint density at radius 2 is 1.90 bits per heavy atom. The molecule has 1 fully saturated rings. The minimum Gasteiger partial charge on any atom is -0.460 e. The molecular formula is C16H21NO4. The normalized spacial score (nSPS) is 17.2. The van der Waals surface area contributed by atoms with E-state index in [1.807, 2.05) is 35.2 Å². The fraction of sp³-hybridized carbons (Fsp3) is 0.500. The Bertz CT molecular complexity index is 468. The first-order valence-electron chi connectivity index (χ1n) is 7.29. The molecule has 0 saturated carbocycles. The van der Waals surface area contributed by atoms with Gasteiger partial charge in [-0.15, -0.1) is 0 Å². The van der Waals surface area contributed by atoms with Gasteiger partial charge in [-0.3, -0.25) is 9.69 Å². The summed E-state index contributed by atoms with van der Waals surface area (Å²) in [5, 5.41) is 0. The van der Waals surface area contributed by atoms with E-state index in [2.05, 4.69) is 0 Å². The molecule has 1 aliphatic rings. The van der Waals surface area contributed by atoms with Crippen molar-refractivity contribution in [3.63, 3.8) is 0 Å². The highest BCUT2D eigenvalue weighted by Crippen LogP contribution is 2.13. The second-order valence-corrected chi connectivity index (χ2v) is 4.94. The SMILES string of the molecule is CCOC(=O)C(=O)C(Cc1ccccc1)N1CCOCC1. The molecule has 0 spiro atoms. The second-order valence-electron chi connectivity index (χ2n) is 4.94. The summed E-state index contributed by atoms with van der Waals surface area (Å²) < 4.78 is 10.2. The lowest BCUT2D eigenvalue weighted by atomic mass is 10.0. The van der Waals surface area contributed by atoms with E-state index in [-0.39, 0.29) is 6.61 Å². The van der Waals surface area contributed by atoms with Gasteiger partial charge in [0.05, 0.1) is 25.9 Å². The van der Waals surface area contributed by atoms with Crippen molar-refractivity contribution in [2.45, 2.75) is 19.4 Å². The van der Waals surface area contributed by atoms with Crippen molar-refractivity contribution in [2.24, 2.45) is 0 Å². The molecule has 0 bridgehead atoms. The van der Waals surface area contributed by atoms with Crippen molar-refractivity contribution in [1.82, 2.24) is 4.90 Å². The molecule has 21 heavy (non-hydrogen) atoms. The Morgan fingerprint density at radius 3 is 2.52 bits per heavy atom. The average molecular weight is 291 g/mol. The highest BCUT2D eigenvalue weighted by molar-refractivity contribution is 6.35. The molecule has 1 heterocycles. The fourth-order valence-corrected chi connectivity index (χ4v) is 2.45. The van der Waals surface area contributed by atoms with Crippen molar-refractivity contribution in [2.75, 3.05) is 32.9 Å². The molecule has 2 rings (SSSR count). The molecule has 1 atom stereocenters. The molecule has 0 radical (unpaired) electrons. The second kappa shape index (κ2) is 7.90. The van der Waals surface area contributed by atoms with Crippen molar-refractivity contribution < 1.29 is 19.1 Å². The Balaban J connectivity index is 2.13. The van der Waals surface area contributed by atoms with Gasteiger partial charge in [0, 0.05) is 13.1 Å². The summed E-state index contributed by atoms with van der Waals surface area (Å²) in [7, 11) is 0.